The van der Waals surface area contributed by atoms with Gasteiger partial charge in [0.05, 0.1) is 11.1 Å². The molecule has 0 fully saturated rings. The Bertz CT molecular complexity index is 848. The molecule has 30 heavy (non-hydrogen) atoms. The van der Waals surface area contributed by atoms with E-state index < -0.39 is 17.5 Å². The van der Waals surface area contributed by atoms with Gasteiger partial charge in [-0.05, 0) is 55.5 Å². The van der Waals surface area contributed by atoms with Crippen LogP contribution < -0.4 is 5.32 Å². The Labute approximate surface area is 188 Å². The van der Waals surface area contributed by atoms with Crippen LogP contribution in [-0.2, 0) is 0 Å². The lowest BCUT2D eigenvalue weighted by Gasteiger charge is -2.15. The first kappa shape index (κ1) is 26.4. The molecular weight excluding hydrogens is 428 g/mol. The highest BCUT2D eigenvalue weighted by atomic mass is 35.5. The Morgan fingerprint density at radius 1 is 1.20 bits per heavy atom. The van der Waals surface area contributed by atoms with Gasteiger partial charge >= 0.3 is 0 Å². The second-order valence-corrected chi connectivity index (χ2v) is 8.19. The van der Waals surface area contributed by atoms with Gasteiger partial charge in [0.2, 0.25) is 0 Å². The van der Waals surface area contributed by atoms with Gasteiger partial charge in [0.15, 0.2) is 11.6 Å². The fourth-order valence-electron chi connectivity index (χ4n) is 2.80. The summed E-state index contributed by atoms with van der Waals surface area (Å²) in [6.45, 7) is 8.07. The molecule has 2 rings (SSSR count). The van der Waals surface area contributed by atoms with Crippen LogP contribution in [0.4, 0.5) is 14.5 Å². The number of aliphatic hydroxyl groups excluding tert-OH is 1. The molecular formula is C23H30ClF2NO2S. The number of rotatable bonds is 7. The SMILES string of the molecule is CCCCC(C)C(O)CC.Cc1cc(Cl)c(S)cc1C(=O)Nc1ccc(F)c(F)c1. The Kier molecular flexibility index (Phi) is 11.4. The summed E-state index contributed by atoms with van der Waals surface area (Å²) in [6.07, 6.45) is 4.47. The summed E-state index contributed by atoms with van der Waals surface area (Å²) < 4.78 is 25.9. The number of halogens is 3. The van der Waals surface area contributed by atoms with E-state index in [1.807, 2.05) is 6.92 Å². The van der Waals surface area contributed by atoms with E-state index in [2.05, 4.69) is 31.8 Å². The minimum absolute atomic E-state index is 0.0773. The quantitative estimate of drug-likeness (QED) is 0.390. The molecule has 2 atom stereocenters. The van der Waals surface area contributed by atoms with Gasteiger partial charge in [-0.3, -0.25) is 4.79 Å². The van der Waals surface area contributed by atoms with Crippen molar-refractivity contribution in [3.63, 3.8) is 0 Å². The van der Waals surface area contributed by atoms with Gasteiger partial charge in [-0.25, -0.2) is 8.78 Å². The number of aryl methyl sites for hydroxylation is 1. The van der Waals surface area contributed by atoms with Gasteiger partial charge in [0.25, 0.3) is 5.91 Å². The molecule has 0 saturated heterocycles. The van der Waals surface area contributed by atoms with E-state index in [9.17, 15) is 18.7 Å². The molecule has 0 radical (unpaired) electrons. The molecule has 2 unspecified atom stereocenters. The molecule has 0 aliphatic heterocycles. The summed E-state index contributed by atoms with van der Waals surface area (Å²) >= 11 is 10.0. The number of hydrogen-bond acceptors (Lipinski definition) is 3. The van der Waals surface area contributed by atoms with Gasteiger partial charge in [0, 0.05) is 22.2 Å². The number of aliphatic hydroxyl groups is 1. The minimum atomic E-state index is -1.02. The normalized spacial score (nSPS) is 12.6. The lowest BCUT2D eigenvalue weighted by Crippen LogP contribution is -2.15. The summed E-state index contributed by atoms with van der Waals surface area (Å²) in [5, 5.41) is 12.3. The molecule has 1 amide bonds. The second-order valence-electron chi connectivity index (χ2n) is 7.30. The number of anilines is 1. The summed E-state index contributed by atoms with van der Waals surface area (Å²) in [6, 6.07) is 6.28. The van der Waals surface area contributed by atoms with Crippen LogP contribution in [-0.4, -0.2) is 17.1 Å². The molecule has 0 aliphatic carbocycles. The van der Waals surface area contributed by atoms with E-state index in [1.165, 1.54) is 31.4 Å². The summed E-state index contributed by atoms with van der Waals surface area (Å²) in [4.78, 5) is 12.6. The first-order valence-electron chi connectivity index (χ1n) is 10.0. The minimum Gasteiger partial charge on any atom is -0.393 e. The van der Waals surface area contributed by atoms with Crippen LogP contribution in [0.5, 0.6) is 0 Å². The van der Waals surface area contributed by atoms with Gasteiger partial charge in [-0.15, -0.1) is 12.6 Å². The van der Waals surface area contributed by atoms with Crippen LogP contribution in [0, 0.1) is 24.5 Å². The molecule has 0 aromatic heterocycles. The second kappa shape index (κ2) is 12.9. The van der Waals surface area contributed by atoms with Crippen LogP contribution in [0.2, 0.25) is 5.02 Å². The van der Waals surface area contributed by atoms with E-state index in [0.29, 0.717) is 27.0 Å². The first-order valence-corrected chi connectivity index (χ1v) is 10.9. The molecule has 0 heterocycles. The number of unbranched alkanes of at least 4 members (excludes halogenated alkanes) is 1. The third-order valence-electron chi connectivity index (χ3n) is 4.80. The Hall–Kier alpha value is -1.63. The maximum Gasteiger partial charge on any atom is 0.255 e. The number of hydrogen-bond donors (Lipinski definition) is 3. The van der Waals surface area contributed by atoms with E-state index in [-0.39, 0.29) is 11.8 Å². The first-order chi connectivity index (χ1) is 14.1. The van der Waals surface area contributed by atoms with E-state index in [0.717, 1.165) is 18.6 Å². The summed E-state index contributed by atoms with van der Waals surface area (Å²) in [5.41, 5.74) is 1.20. The fraction of sp³-hybridized carbons (Fsp3) is 0.435. The Balaban J connectivity index is 0.000000382. The smallest absolute Gasteiger partial charge is 0.255 e. The van der Waals surface area contributed by atoms with E-state index >= 15 is 0 Å². The van der Waals surface area contributed by atoms with Crippen molar-refractivity contribution in [1.29, 1.82) is 0 Å². The third kappa shape index (κ3) is 8.25. The third-order valence-corrected chi connectivity index (χ3v) is 5.62. The molecule has 0 spiro atoms. The summed E-state index contributed by atoms with van der Waals surface area (Å²) in [7, 11) is 0. The Morgan fingerprint density at radius 3 is 2.43 bits per heavy atom. The topological polar surface area (TPSA) is 49.3 Å². The fourth-order valence-corrected chi connectivity index (χ4v) is 3.21. The molecule has 7 heteroatoms. The number of carbonyl (C=O) groups excluding carboxylic acids is 1. The lowest BCUT2D eigenvalue weighted by atomic mass is 9.97. The molecule has 2 aromatic carbocycles. The lowest BCUT2D eigenvalue weighted by molar-refractivity contribution is 0.102. The predicted octanol–water partition coefficient (Wildman–Crippen LogP) is 7.05. The average molecular weight is 458 g/mol. The summed E-state index contributed by atoms with van der Waals surface area (Å²) in [5.74, 6) is -1.95. The highest BCUT2D eigenvalue weighted by Crippen LogP contribution is 2.25. The van der Waals surface area contributed by atoms with Crippen molar-refractivity contribution < 1.29 is 18.7 Å². The monoisotopic (exact) mass is 457 g/mol. The molecule has 2 aromatic rings. The molecule has 166 valence electrons. The molecule has 0 saturated carbocycles. The van der Waals surface area contributed by atoms with Crippen molar-refractivity contribution in [1.82, 2.24) is 0 Å². The van der Waals surface area contributed by atoms with Crippen LogP contribution in [0.1, 0.15) is 62.4 Å². The van der Waals surface area contributed by atoms with Crippen molar-refractivity contribution in [2.75, 3.05) is 5.32 Å². The van der Waals surface area contributed by atoms with E-state index in [4.69, 9.17) is 11.6 Å². The Morgan fingerprint density at radius 2 is 1.87 bits per heavy atom. The van der Waals surface area contributed by atoms with Crippen LogP contribution >= 0.6 is 24.2 Å². The zero-order valence-electron chi connectivity index (χ0n) is 17.8. The van der Waals surface area contributed by atoms with Crippen molar-refractivity contribution in [3.05, 3.63) is 58.1 Å². The molecule has 0 aliphatic rings. The van der Waals surface area contributed by atoms with Crippen molar-refractivity contribution >= 4 is 35.8 Å². The van der Waals surface area contributed by atoms with Crippen LogP contribution in [0.15, 0.2) is 35.2 Å². The highest BCUT2D eigenvalue weighted by molar-refractivity contribution is 7.80. The highest BCUT2D eigenvalue weighted by Gasteiger charge is 2.13. The maximum absolute atomic E-state index is 13.1. The maximum atomic E-state index is 13.1. The number of thiol groups is 1. The zero-order chi connectivity index (χ0) is 22.8. The van der Waals surface area contributed by atoms with Crippen LogP contribution in [0.3, 0.4) is 0 Å². The predicted molar refractivity (Wildman–Crippen MR) is 123 cm³/mol. The number of benzene rings is 2. The largest absolute Gasteiger partial charge is 0.393 e. The molecule has 0 bridgehead atoms. The van der Waals surface area contributed by atoms with Gasteiger partial charge < -0.3 is 10.4 Å². The van der Waals surface area contributed by atoms with Crippen molar-refractivity contribution in [2.24, 2.45) is 5.92 Å². The van der Waals surface area contributed by atoms with Crippen LogP contribution in [0.25, 0.3) is 0 Å². The molecule has 2 N–H and O–H groups in total. The van der Waals surface area contributed by atoms with Gasteiger partial charge in [-0.2, -0.15) is 0 Å². The average Bonchev–Trinajstić information content (AvgIpc) is 2.71. The van der Waals surface area contributed by atoms with E-state index in [1.54, 1.807) is 13.0 Å². The number of amides is 1. The molecule has 3 nitrogen and oxygen atoms in total. The van der Waals surface area contributed by atoms with Gasteiger partial charge in [-0.1, -0.05) is 45.2 Å². The number of nitrogens with one attached hydrogen (secondary N) is 1. The standard InChI is InChI=1S/C14H10ClF2NOS.C9H20O/c1-7-4-10(15)13(20)6-9(7)14(19)18-8-2-3-11(16)12(17)5-8;1-4-6-7-8(3)9(10)5-2/h2-6,20H,1H3,(H,18,19);8-10H,4-7H2,1-3H3. The van der Waals surface area contributed by atoms with Crippen molar-refractivity contribution in [2.45, 2.75) is 64.4 Å². The van der Waals surface area contributed by atoms with Gasteiger partial charge in [0.1, 0.15) is 0 Å². The van der Waals surface area contributed by atoms with Crippen molar-refractivity contribution in [3.8, 4) is 0 Å². The zero-order valence-corrected chi connectivity index (χ0v) is 19.5. The number of carbonyl (C=O) groups is 1.